The van der Waals surface area contributed by atoms with Gasteiger partial charge in [-0.05, 0) is 45.1 Å². The van der Waals surface area contributed by atoms with E-state index in [-0.39, 0.29) is 11.5 Å². The molecule has 2 atom stereocenters. The third-order valence-electron chi connectivity index (χ3n) is 4.49. The van der Waals surface area contributed by atoms with E-state index in [1.807, 2.05) is 14.0 Å². The number of hydrogen-bond donors (Lipinski definition) is 1. The van der Waals surface area contributed by atoms with E-state index in [0.717, 1.165) is 24.7 Å². The molecule has 3 nitrogen and oxygen atoms in total. The second-order valence-corrected chi connectivity index (χ2v) is 5.95. The maximum atomic E-state index is 11.7. The summed E-state index contributed by atoms with van der Waals surface area (Å²) in [4.78, 5) is 11.7. The number of rotatable bonds is 5. The van der Waals surface area contributed by atoms with Crippen LogP contribution in [0.15, 0.2) is 0 Å². The van der Waals surface area contributed by atoms with Crippen molar-refractivity contribution in [1.82, 2.24) is 5.32 Å². The molecule has 2 unspecified atom stereocenters. The largest absolute Gasteiger partial charge is 0.466 e. The Bertz CT molecular complexity index is 265. The van der Waals surface area contributed by atoms with Crippen LogP contribution in [0.4, 0.5) is 0 Å². The molecular formula is C15H29NO2. The second kappa shape index (κ2) is 7.13. The zero-order valence-corrected chi connectivity index (χ0v) is 12.4. The smallest absolute Gasteiger partial charge is 0.307 e. The molecule has 1 aliphatic carbocycles. The van der Waals surface area contributed by atoms with Crippen molar-refractivity contribution in [3.8, 4) is 0 Å². The van der Waals surface area contributed by atoms with Crippen molar-refractivity contribution in [2.24, 2.45) is 11.8 Å². The van der Waals surface area contributed by atoms with Gasteiger partial charge in [-0.3, -0.25) is 4.79 Å². The van der Waals surface area contributed by atoms with Crippen LogP contribution in [0.2, 0.25) is 0 Å². The highest BCUT2D eigenvalue weighted by Crippen LogP contribution is 2.35. The summed E-state index contributed by atoms with van der Waals surface area (Å²) in [5.74, 6) is 1.50. The second-order valence-electron chi connectivity index (χ2n) is 5.95. The van der Waals surface area contributed by atoms with Gasteiger partial charge in [-0.25, -0.2) is 0 Å². The van der Waals surface area contributed by atoms with Crippen LogP contribution >= 0.6 is 0 Å². The Hall–Kier alpha value is -0.570. The van der Waals surface area contributed by atoms with Crippen LogP contribution in [-0.2, 0) is 9.53 Å². The monoisotopic (exact) mass is 255 g/mol. The van der Waals surface area contributed by atoms with Gasteiger partial charge in [0.25, 0.3) is 0 Å². The quantitative estimate of drug-likeness (QED) is 0.606. The molecule has 0 heterocycles. The minimum atomic E-state index is -0.0603. The maximum Gasteiger partial charge on any atom is 0.307 e. The van der Waals surface area contributed by atoms with Crippen LogP contribution in [0.5, 0.6) is 0 Å². The number of ether oxygens (including phenoxy) is 1. The predicted octanol–water partition coefficient (Wildman–Crippen LogP) is 3.13. The average Bonchev–Trinajstić information content (AvgIpc) is 2.53. The molecule has 1 saturated carbocycles. The molecule has 106 valence electrons. The molecule has 0 aromatic rings. The van der Waals surface area contributed by atoms with Crippen LogP contribution < -0.4 is 5.32 Å². The van der Waals surface area contributed by atoms with E-state index in [4.69, 9.17) is 4.74 Å². The number of esters is 1. The van der Waals surface area contributed by atoms with Gasteiger partial charge in [0.2, 0.25) is 0 Å². The molecule has 0 amide bonds. The van der Waals surface area contributed by atoms with E-state index in [2.05, 4.69) is 19.2 Å². The van der Waals surface area contributed by atoms with Gasteiger partial charge in [0.05, 0.1) is 13.0 Å². The van der Waals surface area contributed by atoms with Crippen molar-refractivity contribution >= 4 is 5.97 Å². The molecule has 18 heavy (non-hydrogen) atoms. The Morgan fingerprint density at radius 2 is 2.11 bits per heavy atom. The molecule has 1 fully saturated rings. The van der Waals surface area contributed by atoms with Gasteiger partial charge in [0, 0.05) is 5.54 Å². The first kappa shape index (κ1) is 15.5. The zero-order valence-electron chi connectivity index (χ0n) is 12.4. The van der Waals surface area contributed by atoms with Gasteiger partial charge in [-0.15, -0.1) is 0 Å². The van der Waals surface area contributed by atoms with Crippen molar-refractivity contribution in [3.63, 3.8) is 0 Å². The van der Waals surface area contributed by atoms with Crippen LogP contribution in [0, 0.1) is 11.8 Å². The Kier molecular flexibility index (Phi) is 6.13. The summed E-state index contributed by atoms with van der Waals surface area (Å²) in [7, 11) is 1.98. The molecule has 0 aromatic heterocycles. The minimum Gasteiger partial charge on any atom is -0.466 e. The van der Waals surface area contributed by atoms with Crippen molar-refractivity contribution in [3.05, 3.63) is 0 Å². The molecule has 0 aliphatic heterocycles. The highest BCUT2D eigenvalue weighted by molar-refractivity contribution is 5.70. The van der Waals surface area contributed by atoms with E-state index in [1.54, 1.807) is 0 Å². The Labute approximate surface area is 112 Å². The van der Waals surface area contributed by atoms with Crippen molar-refractivity contribution in [1.29, 1.82) is 0 Å². The first-order valence-electron chi connectivity index (χ1n) is 7.37. The fourth-order valence-electron chi connectivity index (χ4n) is 3.10. The molecule has 0 bridgehead atoms. The summed E-state index contributed by atoms with van der Waals surface area (Å²) < 4.78 is 5.11. The third-order valence-corrected chi connectivity index (χ3v) is 4.49. The SMILES string of the molecule is CCOC(=O)CC1(NC)CCCC(C(C)C)CC1. The molecule has 0 radical (unpaired) electrons. The van der Waals surface area contributed by atoms with E-state index >= 15 is 0 Å². The van der Waals surface area contributed by atoms with Crippen molar-refractivity contribution < 1.29 is 9.53 Å². The summed E-state index contributed by atoms with van der Waals surface area (Å²) in [5, 5.41) is 3.41. The van der Waals surface area contributed by atoms with Crippen LogP contribution in [-0.4, -0.2) is 25.2 Å². The average molecular weight is 255 g/mol. The van der Waals surface area contributed by atoms with Gasteiger partial charge in [0.15, 0.2) is 0 Å². The van der Waals surface area contributed by atoms with E-state index in [0.29, 0.717) is 13.0 Å². The molecular weight excluding hydrogens is 226 g/mol. The lowest BCUT2D eigenvalue weighted by atomic mass is 9.85. The summed E-state index contributed by atoms with van der Waals surface area (Å²) in [6, 6.07) is 0. The first-order chi connectivity index (χ1) is 8.53. The standard InChI is InChI=1S/C15H29NO2/c1-5-18-14(17)11-15(16-4)9-6-7-13(8-10-15)12(2)3/h12-13,16H,5-11H2,1-4H3. The van der Waals surface area contributed by atoms with Gasteiger partial charge in [-0.2, -0.15) is 0 Å². The number of carbonyl (C=O) groups excluding carboxylic acids is 1. The summed E-state index contributed by atoms with van der Waals surface area (Å²) in [6.07, 6.45) is 6.42. The Morgan fingerprint density at radius 1 is 1.39 bits per heavy atom. The zero-order chi connectivity index (χ0) is 13.6. The van der Waals surface area contributed by atoms with E-state index in [9.17, 15) is 4.79 Å². The first-order valence-corrected chi connectivity index (χ1v) is 7.37. The normalized spacial score (nSPS) is 29.1. The molecule has 0 saturated heterocycles. The summed E-state index contributed by atoms with van der Waals surface area (Å²) in [5.41, 5.74) is -0.0319. The summed E-state index contributed by atoms with van der Waals surface area (Å²) >= 11 is 0. The molecule has 1 rings (SSSR count). The van der Waals surface area contributed by atoms with E-state index in [1.165, 1.54) is 19.3 Å². The molecule has 0 spiro atoms. The highest BCUT2D eigenvalue weighted by atomic mass is 16.5. The fourth-order valence-corrected chi connectivity index (χ4v) is 3.10. The lowest BCUT2D eigenvalue weighted by molar-refractivity contribution is -0.145. The number of hydrogen-bond acceptors (Lipinski definition) is 3. The molecule has 3 heteroatoms. The number of nitrogens with one attached hydrogen (secondary N) is 1. The van der Waals surface area contributed by atoms with Crippen LogP contribution in [0.3, 0.4) is 0 Å². The van der Waals surface area contributed by atoms with Crippen LogP contribution in [0.1, 0.15) is 59.3 Å². The van der Waals surface area contributed by atoms with Crippen molar-refractivity contribution in [2.75, 3.05) is 13.7 Å². The Balaban J connectivity index is 2.61. The van der Waals surface area contributed by atoms with Crippen LogP contribution in [0.25, 0.3) is 0 Å². The van der Waals surface area contributed by atoms with Gasteiger partial charge in [0.1, 0.15) is 0 Å². The minimum absolute atomic E-state index is 0.0319. The highest BCUT2D eigenvalue weighted by Gasteiger charge is 2.34. The Morgan fingerprint density at radius 3 is 2.67 bits per heavy atom. The predicted molar refractivity (Wildman–Crippen MR) is 74.5 cm³/mol. The third kappa shape index (κ3) is 4.27. The lowest BCUT2D eigenvalue weighted by Gasteiger charge is -2.32. The molecule has 1 N–H and O–H groups in total. The van der Waals surface area contributed by atoms with Gasteiger partial charge in [-0.1, -0.05) is 26.7 Å². The number of carbonyl (C=O) groups is 1. The molecule has 1 aliphatic rings. The van der Waals surface area contributed by atoms with Gasteiger partial charge < -0.3 is 10.1 Å². The fraction of sp³-hybridized carbons (Fsp3) is 0.933. The molecule has 0 aromatic carbocycles. The van der Waals surface area contributed by atoms with Gasteiger partial charge >= 0.3 is 5.97 Å². The summed E-state index contributed by atoms with van der Waals surface area (Å²) in [6.45, 7) is 6.96. The maximum absolute atomic E-state index is 11.7. The van der Waals surface area contributed by atoms with Crippen molar-refractivity contribution in [2.45, 2.75) is 64.8 Å². The topological polar surface area (TPSA) is 38.3 Å². The van der Waals surface area contributed by atoms with E-state index < -0.39 is 0 Å². The lowest BCUT2D eigenvalue weighted by Crippen LogP contribution is -2.44.